The average Bonchev–Trinajstić information content (AvgIpc) is 2.74. The minimum atomic E-state index is -0.982. The normalized spacial score (nSPS) is 10.7. The first-order chi connectivity index (χ1) is 9.03. The second kappa shape index (κ2) is 7.23. The standard InChI is InChI=1S/C13H20N2O3S/c1-4-7-9-10(12(17)18)19-13(14-9)15-11(16)8(5-2)6-3/h8H,4-7H2,1-3H3,(H,17,18)(H,14,15,16). The molecule has 0 aromatic carbocycles. The minimum absolute atomic E-state index is 0.0493. The molecule has 1 rings (SSSR count). The first-order valence-corrected chi connectivity index (χ1v) is 7.38. The molecule has 0 aliphatic heterocycles. The van der Waals surface area contributed by atoms with E-state index in [-0.39, 0.29) is 16.7 Å². The van der Waals surface area contributed by atoms with Crippen LogP contribution in [0, 0.1) is 5.92 Å². The van der Waals surface area contributed by atoms with Crippen LogP contribution in [0.25, 0.3) is 0 Å². The summed E-state index contributed by atoms with van der Waals surface area (Å²) >= 11 is 1.03. The molecule has 0 atom stereocenters. The quantitative estimate of drug-likeness (QED) is 0.806. The van der Waals surface area contributed by atoms with Crippen molar-refractivity contribution in [2.45, 2.75) is 46.5 Å². The molecule has 1 amide bonds. The van der Waals surface area contributed by atoms with Crippen molar-refractivity contribution in [1.82, 2.24) is 4.98 Å². The number of amides is 1. The van der Waals surface area contributed by atoms with Gasteiger partial charge in [-0.2, -0.15) is 0 Å². The van der Waals surface area contributed by atoms with E-state index in [4.69, 9.17) is 5.11 Å². The van der Waals surface area contributed by atoms with Crippen molar-refractivity contribution >= 4 is 28.3 Å². The Bertz CT molecular complexity index is 453. The lowest BCUT2D eigenvalue weighted by atomic mass is 10.0. The molecule has 0 spiro atoms. The lowest BCUT2D eigenvalue weighted by Gasteiger charge is -2.10. The van der Waals surface area contributed by atoms with Crippen LogP contribution in [0.5, 0.6) is 0 Å². The molecule has 2 N–H and O–H groups in total. The molecule has 1 aromatic rings. The topological polar surface area (TPSA) is 79.3 Å². The second-order valence-corrected chi connectivity index (χ2v) is 5.35. The summed E-state index contributed by atoms with van der Waals surface area (Å²) in [6.45, 7) is 5.88. The van der Waals surface area contributed by atoms with Crippen LogP contribution >= 0.6 is 11.3 Å². The molecule has 106 valence electrons. The predicted octanol–water partition coefficient (Wildman–Crippen LogP) is 3.17. The summed E-state index contributed by atoms with van der Waals surface area (Å²) < 4.78 is 0. The van der Waals surface area contributed by atoms with Crippen molar-refractivity contribution in [3.8, 4) is 0 Å². The summed E-state index contributed by atoms with van der Waals surface area (Å²) in [6.07, 6.45) is 2.96. The Balaban J connectivity index is 2.87. The van der Waals surface area contributed by atoms with Crippen LogP contribution in [-0.2, 0) is 11.2 Å². The van der Waals surface area contributed by atoms with E-state index in [9.17, 15) is 9.59 Å². The number of aromatic carboxylic acids is 1. The molecule has 0 fully saturated rings. The fraction of sp³-hybridized carbons (Fsp3) is 0.615. The van der Waals surface area contributed by atoms with Gasteiger partial charge in [0.1, 0.15) is 4.88 Å². The van der Waals surface area contributed by atoms with E-state index in [0.29, 0.717) is 17.2 Å². The zero-order valence-corrected chi connectivity index (χ0v) is 12.3. The van der Waals surface area contributed by atoms with Gasteiger partial charge < -0.3 is 10.4 Å². The molecule has 0 saturated heterocycles. The van der Waals surface area contributed by atoms with E-state index >= 15 is 0 Å². The van der Waals surface area contributed by atoms with E-state index < -0.39 is 5.97 Å². The van der Waals surface area contributed by atoms with E-state index in [1.54, 1.807) is 0 Å². The first-order valence-electron chi connectivity index (χ1n) is 6.57. The van der Waals surface area contributed by atoms with Crippen molar-refractivity contribution in [3.05, 3.63) is 10.6 Å². The summed E-state index contributed by atoms with van der Waals surface area (Å²) in [5.74, 6) is -1.12. The molecule has 5 nitrogen and oxygen atoms in total. The van der Waals surface area contributed by atoms with Gasteiger partial charge in [-0.3, -0.25) is 4.79 Å². The molecule has 0 unspecified atom stereocenters. The van der Waals surface area contributed by atoms with Gasteiger partial charge in [0, 0.05) is 5.92 Å². The Morgan fingerprint density at radius 1 is 1.32 bits per heavy atom. The molecular formula is C13H20N2O3S. The van der Waals surface area contributed by atoms with Crippen molar-refractivity contribution in [2.24, 2.45) is 5.92 Å². The van der Waals surface area contributed by atoms with Gasteiger partial charge in [-0.05, 0) is 19.3 Å². The third-order valence-corrected chi connectivity index (χ3v) is 3.97. The van der Waals surface area contributed by atoms with Crippen molar-refractivity contribution in [3.63, 3.8) is 0 Å². The molecule has 0 saturated carbocycles. The van der Waals surface area contributed by atoms with E-state index in [2.05, 4.69) is 10.3 Å². The number of aryl methyl sites for hydroxylation is 1. The van der Waals surface area contributed by atoms with Gasteiger partial charge in [-0.15, -0.1) is 0 Å². The Morgan fingerprint density at radius 3 is 2.42 bits per heavy atom. The molecule has 0 bridgehead atoms. The highest BCUT2D eigenvalue weighted by Gasteiger charge is 2.20. The van der Waals surface area contributed by atoms with E-state index in [1.165, 1.54) is 0 Å². The van der Waals surface area contributed by atoms with Crippen LogP contribution in [-0.4, -0.2) is 22.0 Å². The molecular weight excluding hydrogens is 264 g/mol. The van der Waals surface area contributed by atoms with Crippen LogP contribution in [0.15, 0.2) is 0 Å². The molecule has 6 heteroatoms. The molecule has 0 aliphatic rings. The molecule has 1 aromatic heterocycles. The number of carbonyl (C=O) groups is 2. The summed E-state index contributed by atoms with van der Waals surface area (Å²) in [6, 6.07) is 0. The van der Waals surface area contributed by atoms with Crippen molar-refractivity contribution in [1.29, 1.82) is 0 Å². The Hall–Kier alpha value is -1.43. The lowest BCUT2D eigenvalue weighted by Crippen LogP contribution is -2.21. The van der Waals surface area contributed by atoms with Crippen LogP contribution in [0.2, 0.25) is 0 Å². The van der Waals surface area contributed by atoms with E-state index in [1.807, 2.05) is 20.8 Å². The Morgan fingerprint density at radius 2 is 1.95 bits per heavy atom. The number of rotatable bonds is 7. The van der Waals surface area contributed by atoms with Gasteiger partial charge in [0.05, 0.1) is 5.69 Å². The third kappa shape index (κ3) is 4.02. The number of nitrogens with zero attached hydrogens (tertiary/aromatic N) is 1. The fourth-order valence-electron chi connectivity index (χ4n) is 1.85. The van der Waals surface area contributed by atoms with Crippen molar-refractivity contribution in [2.75, 3.05) is 5.32 Å². The highest BCUT2D eigenvalue weighted by molar-refractivity contribution is 7.17. The van der Waals surface area contributed by atoms with E-state index in [0.717, 1.165) is 30.6 Å². The number of anilines is 1. The van der Waals surface area contributed by atoms with Crippen LogP contribution in [0.1, 0.15) is 55.4 Å². The fourth-order valence-corrected chi connectivity index (χ4v) is 2.70. The number of aromatic nitrogens is 1. The van der Waals surface area contributed by atoms with Crippen molar-refractivity contribution < 1.29 is 14.7 Å². The summed E-state index contributed by atoms with van der Waals surface area (Å²) in [4.78, 5) is 27.5. The van der Waals surface area contributed by atoms with Crippen LogP contribution in [0.4, 0.5) is 5.13 Å². The maximum absolute atomic E-state index is 11.9. The molecule has 19 heavy (non-hydrogen) atoms. The van der Waals surface area contributed by atoms with Crippen LogP contribution in [0.3, 0.4) is 0 Å². The number of carbonyl (C=O) groups excluding carboxylic acids is 1. The number of nitrogens with one attached hydrogen (secondary N) is 1. The summed E-state index contributed by atoms with van der Waals surface area (Å²) in [5.41, 5.74) is 0.555. The first kappa shape index (κ1) is 15.6. The van der Waals surface area contributed by atoms with Gasteiger partial charge in [0.25, 0.3) is 0 Å². The van der Waals surface area contributed by atoms with Gasteiger partial charge in [0.15, 0.2) is 5.13 Å². The summed E-state index contributed by atoms with van der Waals surface area (Å²) in [5, 5.41) is 12.2. The second-order valence-electron chi connectivity index (χ2n) is 4.35. The van der Waals surface area contributed by atoms with Gasteiger partial charge in [-0.25, -0.2) is 9.78 Å². The largest absolute Gasteiger partial charge is 0.477 e. The highest BCUT2D eigenvalue weighted by atomic mass is 32.1. The predicted molar refractivity (Wildman–Crippen MR) is 75.8 cm³/mol. The van der Waals surface area contributed by atoms with Gasteiger partial charge >= 0.3 is 5.97 Å². The van der Waals surface area contributed by atoms with Gasteiger partial charge in [-0.1, -0.05) is 38.5 Å². The van der Waals surface area contributed by atoms with Gasteiger partial charge in [0.2, 0.25) is 5.91 Å². The Labute approximate surface area is 117 Å². The zero-order valence-electron chi connectivity index (χ0n) is 11.5. The SMILES string of the molecule is CCCc1nc(NC(=O)C(CC)CC)sc1C(=O)O. The number of hydrogen-bond acceptors (Lipinski definition) is 4. The number of carboxylic acid groups (broad SMARTS) is 1. The highest BCUT2D eigenvalue weighted by Crippen LogP contribution is 2.25. The summed E-state index contributed by atoms with van der Waals surface area (Å²) in [7, 11) is 0. The average molecular weight is 284 g/mol. The minimum Gasteiger partial charge on any atom is -0.477 e. The maximum Gasteiger partial charge on any atom is 0.347 e. The monoisotopic (exact) mass is 284 g/mol. The maximum atomic E-state index is 11.9. The molecule has 0 radical (unpaired) electrons. The Kier molecular flexibility index (Phi) is 5.95. The smallest absolute Gasteiger partial charge is 0.347 e. The number of carboxylic acids is 1. The number of thiazole rings is 1. The third-order valence-electron chi connectivity index (χ3n) is 2.96. The number of hydrogen-bond donors (Lipinski definition) is 2. The molecule has 0 aliphatic carbocycles. The lowest BCUT2D eigenvalue weighted by molar-refractivity contribution is -0.120. The van der Waals surface area contributed by atoms with Crippen LogP contribution < -0.4 is 5.32 Å². The molecule has 1 heterocycles. The zero-order chi connectivity index (χ0) is 14.4.